The Morgan fingerprint density at radius 1 is 1.00 bits per heavy atom. The molecule has 0 heterocycles. The van der Waals surface area contributed by atoms with Gasteiger partial charge in [-0.1, -0.05) is 30.3 Å². The van der Waals surface area contributed by atoms with Crippen molar-refractivity contribution in [3.05, 3.63) is 71.5 Å². The van der Waals surface area contributed by atoms with Crippen LogP contribution in [-0.4, -0.2) is 11.6 Å². The molecule has 4 heteroatoms. The number of carbonyl (C=O) groups excluding carboxylic acids is 2. The maximum Gasteiger partial charge on any atom is 0.180 e. The number of nitriles is 1. The van der Waals surface area contributed by atoms with Crippen LogP contribution in [0.2, 0.25) is 0 Å². The molecule has 0 saturated heterocycles. The summed E-state index contributed by atoms with van der Waals surface area (Å²) in [6.45, 7) is 0. The molecule has 0 bridgehead atoms. The number of hydrogen-bond acceptors (Lipinski definition) is 3. The molecular weight excluding hydrogens is 269 g/mol. The van der Waals surface area contributed by atoms with Gasteiger partial charge >= 0.3 is 0 Å². The minimum absolute atomic E-state index is 0.184. The Morgan fingerprint density at radius 3 is 2.19 bits per heavy atom. The van der Waals surface area contributed by atoms with Gasteiger partial charge in [0, 0.05) is 17.5 Å². The van der Waals surface area contributed by atoms with Crippen LogP contribution in [0, 0.1) is 23.1 Å². The molecule has 0 aliphatic heterocycles. The maximum atomic E-state index is 12.8. The third-order valence-electron chi connectivity index (χ3n) is 3.09. The van der Waals surface area contributed by atoms with Crippen LogP contribution in [0.4, 0.5) is 4.39 Å². The summed E-state index contributed by atoms with van der Waals surface area (Å²) in [6, 6.07) is 15.3. The van der Waals surface area contributed by atoms with Crippen molar-refractivity contribution < 1.29 is 14.0 Å². The minimum Gasteiger partial charge on any atom is -0.294 e. The van der Waals surface area contributed by atoms with E-state index in [0.717, 1.165) is 12.1 Å². The second kappa shape index (κ2) is 6.58. The van der Waals surface area contributed by atoms with E-state index in [1.54, 1.807) is 30.3 Å². The zero-order valence-corrected chi connectivity index (χ0v) is 11.1. The Kier molecular flexibility index (Phi) is 4.57. The molecular formula is C17H12FNO2. The third-order valence-corrected chi connectivity index (χ3v) is 3.09. The van der Waals surface area contributed by atoms with E-state index in [2.05, 4.69) is 0 Å². The largest absolute Gasteiger partial charge is 0.294 e. The van der Waals surface area contributed by atoms with Gasteiger partial charge in [0.05, 0.1) is 6.07 Å². The summed E-state index contributed by atoms with van der Waals surface area (Å²) < 4.78 is 12.8. The molecule has 21 heavy (non-hydrogen) atoms. The molecule has 0 saturated carbocycles. The van der Waals surface area contributed by atoms with E-state index in [-0.39, 0.29) is 17.8 Å². The van der Waals surface area contributed by atoms with Gasteiger partial charge in [-0.15, -0.1) is 0 Å². The van der Waals surface area contributed by atoms with E-state index >= 15 is 0 Å². The molecule has 1 unspecified atom stereocenters. The molecule has 0 N–H and O–H groups in total. The highest BCUT2D eigenvalue weighted by atomic mass is 19.1. The summed E-state index contributed by atoms with van der Waals surface area (Å²) in [7, 11) is 0. The molecule has 0 aliphatic carbocycles. The third kappa shape index (κ3) is 3.61. The van der Waals surface area contributed by atoms with Gasteiger partial charge in [-0.3, -0.25) is 9.59 Å². The van der Waals surface area contributed by atoms with Gasteiger partial charge in [0.2, 0.25) is 0 Å². The van der Waals surface area contributed by atoms with Crippen molar-refractivity contribution in [3.63, 3.8) is 0 Å². The summed E-state index contributed by atoms with van der Waals surface area (Å²) in [6.07, 6.45) is -0.184. The van der Waals surface area contributed by atoms with Crippen LogP contribution in [0.25, 0.3) is 0 Å². The van der Waals surface area contributed by atoms with E-state index in [1.807, 2.05) is 6.07 Å². The number of carbonyl (C=O) groups is 2. The highest BCUT2D eigenvalue weighted by Crippen LogP contribution is 2.16. The molecule has 2 aromatic carbocycles. The fourth-order valence-electron chi connectivity index (χ4n) is 1.94. The number of rotatable bonds is 5. The van der Waals surface area contributed by atoms with Gasteiger partial charge in [0.25, 0.3) is 0 Å². The molecule has 0 radical (unpaired) electrons. The number of Topliss-reactive ketones (excluding diaryl/α,β-unsaturated/α-hetero) is 2. The molecule has 3 nitrogen and oxygen atoms in total. The number of halogens is 1. The highest BCUT2D eigenvalue weighted by Gasteiger charge is 2.23. The molecule has 2 rings (SSSR count). The molecule has 0 aromatic heterocycles. The van der Waals surface area contributed by atoms with Crippen LogP contribution >= 0.6 is 0 Å². The summed E-state index contributed by atoms with van der Waals surface area (Å²) in [5.74, 6) is -2.26. The van der Waals surface area contributed by atoms with Crippen LogP contribution in [-0.2, 0) is 0 Å². The number of benzene rings is 2. The van der Waals surface area contributed by atoms with E-state index in [0.29, 0.717) is 5.56 Å². The second-order valence-corrected chi connectivity index (χ2v) is 4.55. The van der Waals surface area contributed by atoms with Gasteiger partial charge in [-0.2, -0.15) is 5.26 Å². The average molecular weight is 281 g/mol. The zero-order valence-electron chi connectivity index (χ0n) is 11.1. The molecule has 0 amide bonds. The first kappa shape index (κ1) is 14.6. The van der Waals surface area contributed by atoms with Crippen LogP contribution in [0.5, 0.6) is 0 Å². The lowest BCUT2D eigenvalue weighted by Gasteiger charge is -2.07. The topological polar surface area (TPSA) is 57.9 Å². The first-order chi connectivity index (χ1) is 10.1. The predicted octanol–water partition coefficient (Wildman–Crippen LogP) is 3.42. The Balaban J connectivity index is 2.13. The molecule has 0 aliphatic rings. The number of nitrogens with zero attached hydrogens (tertiary/aromatic N) is 1. The molecule has 104 valence electrons. The first-order valence-electron chi connectivity index (χ1n) is 6.39. The summed E-state index contributed by atoms with van der Waals surface area (Å²) in [4.78, 5) is 24.2. The van der Waals surface area contributed by atoms with Crippen molar-refractivity contribution in [2.24, 2.45) is 5.92 Å². The Labute approximate surface area is 121 Å². The SMILES string of the molecule is N#CC(CC(=O)c1ccccc1)C(=O)c1ccc(F)cc1. The zero-order chi connectivity index (χ0) is 15.2. The van der Waals surface area contributed by atoms with Crippen LogP contribution in [0.1, 0.15) is 27.1 Å². The maximum absolute atomic E-state index is 12.8. The summed E-state index contributed by atoms with van der Waals surface area (Å²) in [5, 5.41) is 9.11. The average Bonchev–Trinajstić information content (AvgIpc) is 2.53. The fourth-order valence-corrected chi connectivity index (χ4v) is 1.94. The number of hydrogen-bond donors (Lipinski definition) is 0. The normalized spacial score (nSPS) is 11.4. The monoisotopic (exact) mass is 281 g/mol. The molecule has 0 spiro atoms. The van der Waals surface area contributed by atoms with Crippen molar-refractivity contribution in [1.29, 1.82) is 5.26 Å². The molecule has 2 aromatic rings. The standard InChI is InChI=1S/C17H12FNO2/c18-15-8-6-13(7-9-15)17(21)14(11-19)10-16(20)12-4-2-1-3-5-12/h1-9,14H,10H2. The van der Waals surface area contributed by atoms with Gasteiger partial charge in [0.15, 0.2) is 11.6 Å². The summed E-state index contributed by atoms with van der Waals surface area (Å²) in [5.41, 5.74) is 0.688. The molecule has 0 fully saturated rings. The lowest BCUT2D eigenvalue weighted by atomic mass is 9.92. The van der Waals surface area contributed by atoms with Crippen LogP contribution < -0.4 is 0 Å². The van der Waals surface area contributed by atoms with Gasteiger partial charge in [0.1, 0.15) is 11.7 Å². The van der Waals surface area contributed by atoms with Crippen molar-refractivity contribution in [2.75, 3.05) is 0 Å². The minimum atomic E-state index is -1.07. The Bertz CT molecular complexity index is 687. The van der Waals surface area contributed by atoms with Gasteiger partial charge in [-0.05, 0) is 24.3 Å². The lowest BCUT2D eigenvalue weighted by Crippen LogP contribution is -2.17. The van der Waals surface area contributed by atoms with Crippen LogP contribution in [0.3, 0.4) is 0 Å². The van der Waals surface area contributed by atoms with E-state index < -0.39 is 17.5 Å². The first-order valence-corrected chi connectivity index (χ1v) is 6.39. The quantitative estimate of drug-likeness (QED) is 0.789. The summed E-state index contributed by atoms with van der Waals surface area (Å²) >= 11 is 0. The van der Waals surface area contributed by atoms with E-state index in [9.17, 15) is 14.0 Å². The predicted molar refractivity (Wildman–Crippen MR) is 75.2 cm³/mol. The second-order valence-electron chi connectivity index (χ2n) is 4.55. The Morgan fingerprint density at radius 2 is 1.62 bits per heavy atom. The van der Waals surface area contributed by atoms with E-state index in [1.165, 1.54) is 12.1 Å². The smallest absolute Gasteiger partial charge is 0.180 e. The van der Waals surface area contributed by atoms with E-state index in [4.69, 9.17) is 5.26 Å². The van der Waals surface area contributed by atoms with Crippen molar-refractivity contribution in [1.82, 2.24) is 0 Å². The Hall–Kier alpha value is -2.80. The fraction of sp³-hybridized carbons (Fsp3) is 0.118. The van der Waals surface area contributed by atoms with Crippen LogP contribution in [0.15, 0.2) is 54.6 Å². The van der Waals surface area contributed by atoms with Gasteiger partial charge in [-0.25, -0.2) is 4.39 Å². The van der Waals surface area contributed by atoms with Crippen molar-refractivity contribution in [3.8, 4) is 6.07 Å². The highest BCUT2D eigenvalue weighted by molar-refractivity contribution is 6.04. The lowest BCUT2D eigenvalue weighted by molar-refractivity contribution is 0.0882. The number of ketones is 2. The van der Waals surface area contributed by atoms with Gasteiger partial charge < -0.3 is 0 Å². The van der Waals surface area contributed by atoms with Crippen molar-refractivity contribution in [2.45, 2.75) is 6.42 Å². The molecule has 1 atom stereocenters. The van der Waals surface area contributed by atoms with Crippen molar-refractivity contribution >= 4 is 11.6 Å².